The molecule has 2 N–H and O–H groups in total. The first-order chi connectivity index (χ1) is 12.4. The molecule has 0 bridgehead atoms. The molecule has 2 amide bonds. The van der Waals surface area contributed by atoms with E-state index < -0.39 is 0 Å². The van der Waals surface area contributed by atoms with E-state index in [1.165, 1.54) is 0 Å². The number of methoxy groups -OCH3 is 1. The second-order valence-electron chi connectivity index (χ2n) is 6.09. The van der Waals surface area contributed by atoms with E-state index in [2.05, 4.69) is 15.8 Å². The molecule has 2 aromatic rings. The summed E-state index contributed by atoms with van der Waals surface area (Å²) in [5, 5.41) is 6.91. The highest BCUT2D eigenvalue weighted by molar-refractivity contribution is 6.01. The Bertz CT molecular complexity index is 794. The molecule has 6 nitrogen and oxygen atoms in total. The maximum Gasteiger partial charge on any atom is 0.271 e. The smallest absolute Gasteiger partial charge is 0.271 e. The van der Waals surface area contributed by atoms with E-state index in [1.54, 1.807) is 31.4 Å². The predicted octanol–water partition coefficient (Wildman–Crippen LogP) is 3.44. The number of amides is 2. The van der Waals surface area contributed by atoms with Crippen LogP contribution < -0.4 is 15.5 Å². The number of nitrogens with one attached hydrogen (secondary N) is 2. The van der Waals surface area contributed by atoms with Crippen LogP contribution >= 0.6 is 0 Å². The van der Waals surface area contributed by atoms with Crippen molar-refractivity contribution in [3.05, 3.63) is 59.7 Å². The number of hydrazone groups is 1. The van der Waals surface area contributed by atoms with Crippen LogP contribution in [-0.2, 0) is 4.79 Å². The third kappa shape index (κ3) is 5.17. The zero-order chi connectivity index (χ0) is 19.1. The lowest BCUT2D eigenvalue weighted by Gasteiger charge is -2.08. The Kier molecular flexibility index (Phi) is 6.49. The van der Waals surface area contributed by atoms with Crippen LogP contribution in [0.5, 0.6) is 5.75 Å². The molecular formula is C20H23N3O3. The van der Waals surface area contributed by atoms with Crippen LogP contribution in [0, 0.1) is 5.92 Å². The summed E-state index contributed by atoms with van der Waals surface area (Å²) >= 11 is 0. The van der Waals surface area contributed by atoms with Crippen molar-refractivity contribution in [1.82, 2.24) is 5.43 Å². The maximum absolute atomic E-state index is 12.2. The molecule has 2 aromatic carbocycles. The second kappa shape index (κ2) is 8.80. The molecule has 0 spiro atoms. The molecule has 0 fully saturated rings. The van der Waals surface area contributed by atoms with Crippen LogP contribution in [-0.4, -0.2) is 24.6 Å². The van der Waals surface area contributed by atoms with Gasteiger partial charge in [0.2, 0.25) is 5.91 Å². The average molecular weight is 353 g/mol. The summed E-state index contributed by atoms with van der Waals surface area (Å²) in [5.74, 6) is 0.269. The van der Waals surface area contributed by atoms with Crippen molar-refractivity contribution in [3.63, 3.8) is 0 Å². The molecule has 0 saturated heterocycles. The van der Waals surface area contributed by atoms with E-state index in [9.17, 15) is 9.59 Å². The van der Waals surface area contributed by atoms with Gasteiger partial charge in [-0.1, -0.05) is 13.8 Å². The first kappa shape index (κ1) is 19.2. The standard InChI is InChI=1S/C20H23N3O3/c1-13(2)19(24)21-17-9-5-16(6-10-17)20(25)23-22-14(3)15-7-11-18(26-4)12-8-15/h5-13H,1-4H3,(H,21,24)(H,23,25)/b22-14+. The maximum atomic E-state index is 12.2. The SMILES string of the molecule is COc1ccc(/C(C)=N/NC(=O)c2ccc(NC(=O)C(C)C)cc2)cc1. The van der Waals surface area contributed by atoms with E-state index in [4.69, 9.17) is 4.74 Å². The summed E-state index contributed by atoms with van der Waals surface area (Å²) in [5.41, 5.74) is 5.21. The minimum absolute atomic E-state index is 0.0677. The first-order valence-electron chi connectivity index (χ1n) is 8.30. The van der Waals surface area contributed by atoms with E-state index in [0.717, 1.165) is 11.3 Å². The van der Waals surface area contributed by atoms with Crippen molar-refractivity contribution in [2.75, 3.05) is 12.4 Å². The van der Waals surface area contributed by atoms with Gasteiger partial charge in [0.25, 0.3) is 5.91 Å². The van der Waals surface area contributed by atoms with Gasteiger partial charge in [-0.2, -0.15) is 5.10 Å². The Balaban J connectivity index is 1.99. The van der Waals surface area contributed by atoms with Crippen LogP contribution in [0.4, 0.5) is 5.69 Å². The summed E-state index contributed by atoms with van der Waals surface area (Å²) in [6, 6.07) is 14.1. The molecule has 0 saturated carbocycles. The number of rotatable bonds is 6. The van der Waals surface area contributed by atoms with Crippen LogP contribution in [0.2, 0.25) is 0 Å². The van der Waals surface area contributed by atoms with Crippen molar-refractivity contribution in [2.24, 2.45) is 11.0 Å². The fraction of sp³-hybridized carbons (Fsp3) is 0.250. The number of ether oxygens (including phenoxy) is 1. The van der Waals surface area contributed by atoms with Crippen molar-refractivity contribution in [2.45, 2.75) is 20.8 Å². The molecule has 0 atom stereocenters. The van der Waals surface area contributed by atoms with Gasteiger partial charge in [0, 0.05) is 17.2 Å². The summed E-state index contributed by atoms with van der Waals surface area (Å²) in [6.07, 6.45) is 0. The van der Waals surface area contributed by atoms with Crippen molar-refractivity contribution in [3.8, 4) is 5.75 Å². The Morgan fingerprint density at radius 1 is 0.962 bits per heavy atom. The normalized spacial score (nSPS) is 11.2. The number of anilines is 1. The minimum atomic E-state index is -0.320. The van der Waals surface area contributed by atoms with Crippen LogP contribution in [0.1, 0.15) is 36.7 Å². The monoisotopic (exact) mass is 353 g/mol. The second-order valence-corrected chi connectivity index (χ2v) is 6.09. The van der Waals surface area contributed by atoms with Gasteiger partial charge in [0.15, 0.2) is 0 Å². The van der Waals surface area contributed by atoms with Gasteiger partial charge in [-0.05, 0) is 61.0 Å². The van der Waals surface area contributed by atoms with E-state index in [-0.39, 0.29) is 17.7 Å². The highest BCUT2D eigenvalue weighted by Crippen LogP contribution is 2.13. The van der Waals surface area contributed by atoms with Gasteiger partial charge in [0.1, 0.15) is 5.75 Å². The number of benzene rings is 2. The number of nitrogens with zero attached hydrogens (tertiary/aromatic N) is 1. The summed E-state index contributed by atoms with van der Waals surface area (Å²) < 4.78 is 5.12. The van der Waals surface area contributed by atoms with Crippen LogP contribution in [0.25, 0.3) is 0 Å². The Labute approximate surface area is 153 Å². The molecule has 26 heavy (non-hydrogen) atoms. The topological polar surface area (TPSA) is 79.8 Å². The molecule has 136 valence electrons. The Morgan fingerprint density at radius 3 is 2.08 bits per heavy atom. The van der Waals surface area contributed by atoms with Crippen molar-refractivity contribution < 1.29 is 14.3 Å². The summed E-state index contributed by atoms with van der Waals surface area (Å²) in [7, 11) is 1.61. The van der Waals surface area contributed by atoms with Crippen molar-refractivity contribution >= 4 is 23.2 Å². The molecule has 2 rings (SSSR count). The molecule has 0 aliphatic heterocycles. The van der Waals surface area contributed by atoms with E-state index >= 15 is 0 Å². The van der Waals surface area contributed by atoms with Gasteiger partial charge < -0.3 is 10.1 Å². The van der Waals surface area contributed by atoms with Gasteiger partial charge in [-0.15, -0.1) is 0 Å². The molecule has 0 heterocycles. The lowest BCUT2D eigenvalue weighted by molar-refractivity contribution is -0.118. The Hall–Kier alpha value is -3.15. The molecule has 0 radical (unpaired) electrons. The minimum Gasteiger partial charge on any atom is -0.497 e. The van der Waals surface area contributed by atoms with Gasteiger partial charge >= 0.3 is 0 Å². The molecular weight excluding hydrogens is 330 g/mol. The summed E-state index contributed by atoms with van der Waals surface area (Å²) in [4.78, 5) is 23.9. The molecule has 0 aliphatic carbocycles. The fourth-order valence-corrected chi connectivity index (χ4v) is 2.09. The lowest BCUT2D eigenvalue weighted by Crippen LogP contribution is -2.20. The molecule has 0 aromatic heterocycles. The number of carbonyl (C=O) groups is 2. The zero-order valence-corrected chi connectivity index (χ0v) is 15.4. The van der Waals surface area contributed by atoms with Crippen LogP contribution in [0.15, 0.2) is 53.6 Å². The highest BCUT2D eigenvalue weighted by Gasteiger charge is 2.09. The number of hydrogen-bond acceptors (Lipinski definition) is 4. The van der Waals surface area contributed by atoms with Gasteiger partial charge in [0.05, 0.1) is 12.8 Å². The largest absolute Gasteiger partial charge is 0.497 e. The number of hydrogen-bond donors (Lipinski definition) is 2. The third-order valence-corrected chi connectivity index (χ3v) is 3.77. The van der Waals surface area contributed by atoms with Crippen molar-refractivity contribution in [1.29, 1.82) is 0 Å². The molecule has 0 aliphatic rings. The Morgan fingerprint density at radius 2 is 1.54 bits per heavy atom. The quantitative estimate of drug-likeness (QED) is 0.617. The number of carbonyl (C=O) groups excluding carboxylic acids is 2. The average Bonchev–Trinajstić information content (AvgIpc) is 2.66. The predicted molar refractivity (Wildman–Crippen MR) is 103 cm³/mol. The zero-order valence-electron chi connectivity index (χ0n) is 15.4. The first-order valence-corrected chi connectivity index (χ1v) is 8.30. The van der Waals surface area contributed by atoms with E-state index in [0.29, 0.717) is 17.0 Å². The fourth-order valence-electron chi connectivity index (χ4n) is 2.09. The van der Waals surface area contributed by atoms with Gasteiger partial charge in [-0.3, -0.25) is 9.59 Å². The summed E-state index contributed by atoms with van der Waals surface area (Å²) in [6.45, 7) is 5.45. The van der Waals surface area contributed by atoms with Crippen LogP contribution in [0.3, 0.4) is 0 Å². The molecule has 0 unspecified atom stereocenters. The van der Waals surface area contributed by atoms with E-state index in [1.807, 2.05) is 45.0 Å². The lowest BCUT2D eigenvalue weighted by atomic mass is 10.1. The third-order valence-electron chi connectivity index (χ3n) is 3.77. The van der Waals surface area contributed by atoms with Gasteiger partial charge in [-0.25, -0.2) is 5.43 Å². The highest BCUT2D eigenvalue weighted by atomic mass is 16.5. The molecule has 6 heteroatoms.